The lowest BCUT2D eigenvalue weighted by Crippen LogP contribution is -2.40. The molecular weight excluding hydrogens is 312 g/mol. The average Bonchev–Trinajstić information content (AvgIpc) is 3.31. The molecule has 1 aliphatic rings. The van der Waals surface area contributed by atoms with Crippen molar-refractivity contribution in [3.63, 3.8) is 0 Å². The lowest BCUT2D eigenvalue weighted by Gasteiger charge is -2.08. The van der Waals surface area contributed by atoms with Crippen LogP contribution >= 0.6 is 0 Å². The van der Waals surface area contributed by atoms with E-state index in [0.29, 0.717) is 22.8 Å². The molecule has 24 heavy (non-hydrogen) atoms. The number of carbonyl (C=O) groups is 2. The van der Waals surface area contributed by atoms with Crippen LogP contribution in [-0.2, 0) is 16.1 Å². The van der Waals surface area contributed by atoms with Crippen LogP contribution in [0.3, 0.4) is 0 Å². The smallest absolute Gasteiger partial charge is 0.337 e. The van der Waals surface area contributed by atoms with Gasteiger partial charge in [-0.3, -0.25) is 4.79 Å². The number of amides is 1. The third-order valence-electron chi connectivity index (χ3n) is 3.82. The first-order chi connectivity index (χ1) is 11.7. The number of benzene rings is 1. The van der Waals surface area contributed by atoms with Crippen LogP contribution in [-0.4, -0.2) is 41.7 Å². The number of hydrogen-bond acceptors (Lipinski definition) is 7. The van der Waals surface area contributed by atoms with Crippen LogP contribution < -0.4 is 10.6 Å². The Bertz CT molecular complexity index is 720. The molecule has 1 aliphatic heterocycles. The van der Waals surface area contributed by atoms with Crippen molar-refractivity contribution >= 4 is 11.9 Å². The van der Waals surface area contributed by atoms with E-state index in [1.54, 1.807) is 24.3 Å². The number of hydrogen-bond donors (Lipinski definition) is 2. The Labute approximate surface area is 138 Å². The number of nitrogens with one attached hydrogen (secondary N) is 2. The second kappa shape index (κ2) is 7.22. The van der Waals surface area contributed by atoms with Crippen LogP contribution in [0.25, 0.3) is 11.4 Å². The summed E-state index contributed by atoms with van der Waals surface area (Å²) in [6.45, 7) is 1.05. The number of rotatable bonds is 5. The Balaban J connectivity index is 1.60. The van der Waals surface area contributed by atoms with Gasteiger partial charge in [-0.1, -0.05) is 17.3 Å². The summed E-state index contributed by atoms with van der Waals surface area (Å²) >= 11 is 0. The molecule has 0 bridgehead atoms. The molecule has 1 aromatic carbocycles. The highest BCUT2D eigenvalue weighted by Gasteiger charge is 2.22. The van der Waals surface area contributed by atoms with Gasteiger partial charge in [0.2, 0.25) is 17.6 Å². The molecule has 1 fully saturated rings. The van der Waals surface area contributed by atoms with E-state index < -0.39 is 5.97 Å². The molecule has 1 atom stereocenters. The number of aromatic nitrogens is 2. The molecule has 0 saturated carbocycles. The Hall–Kier alpha value is -2.74. The Morgan fingerprint density at radius 3 is 2.83 bits per heavy atom. The quantitative estimate of drug-likeness (QED) is 0.784. The van der Waals surface area contributed by atoms with Crippen molar-refractivity contribution < 1.29 is 18.8 Å². The molecule has 1 aromatic heterocycles. The van der Waals surface area contributed by atoms with Crippen LogP contribution in [0.5, 0.6) is 0 Å². The number of ether oxygens (including phenoxy) is 1. The molecular formula is C16H18N4O4. The minimum atomic E-state index is -0.404. The van der Waals surface area contributed by atoms with Crippen molar-refractivity contribution in [1.82, 2.24) is 20.8 Å². The van der Waals surface area contributed by atoms with Gasteiger partial charge in [0.05, 0.1) is 25.3 Å². The topological polar surface area (TPSA) is 106 Å². The summed E-state index contributed by atoms with van der Waals surface area (Å²) in [7, 11) is 1.33. The highest BCUT2D eigenvalue weighted by molar-refractivity contribution is 5.89. The predicted molar refractivity (Wildman–Crippen MR) is 83.9 cm³/mol. The normalized spacial score (nSPS) is 16.8. The summed E-state index contributed by atoms with van der Waals surface area (Å²) in [6.07, 6.45) is 1.85. The van der Waals surface area contributed by atoms with Crippen molar-refractivity contribution in [2.24, 2.45) is 0 Å². The van der Waals surface area contributed by atoms with Gasteiger partial charge in [0.25, 0.3) is 0 Å². The second-order valence-corrected chi connectivity index (χ2v) is 5.45. The number of methoxy groups -OCH3 is 1. The van der Waals surface area contributed by atoms with Crippen LogP contribution in [0.15, 0.2) is 28.8 Å². The van der Waals surface area contributed by atoms with Crippen molar-refractivity contribution in [3.05, 3.63) is 35.7 Å². The molecule has 8 nitrogen and oxygen atoms in total. The van der Waals surface area contributed by atoms with E-state index in [1.165, 1.54) is 7.11 Å². The first-order valence-electron chi connectivity index (χ1n) is 7.70. The minimum Gasteiger partial charge on any atom is -0.465 e. The maximum absolute atomic E-state index is 11.9. The monoisotopic (exact) mass is 330 g/mol. The van der Waals surface area contributed by atoms with Crippen molar-refractivity contribution in [1.29, 1.82) is 0 Å². The number of esters is 1. The van der Waals surface area contributed by atoms with Crippen molar-refractivity contribution in [3.8, 4) is 11.4 Å². The zero-order valence-corrected chi connectivity index (χ0v) is 13.2. The van der Waals surface area contributed by atoms with E-state index in [-0.39, 0.29) is 18.5 Å². The van der Waals surface area contributed by atoms with Gasteiger partial charge in [0.15, 0.2) is 0 Å². The van der Waals surface area contributed by atoms with Crippen LogP contribution in [0, 0.1) is 0 Å². The van der Waals surface area contributed by atoms with Gasteiger partial charge in [0.1, 0.15) is 0 Å². The molecule has 2 N–H and O–H groups in total. The van der Waals surface area contributed by atoms with E-state index >= 15 is 0 Å². The third kappa shape index (κ3) is 3.60. The van der Waals surface area contributed by atoms with Gasteiger partial charge in [-0.25, -0.2) is 4.79 Å². The van der Waals surface area contributed by atoms with E-state index in [1.807, 2.05) is 0 Å². The maximum atomic E-state index is 11.9. The molecule has 0 aliphatic carbocycles. The number of carbonyl (C=O) groups excluding carboxylic acids is 2. The lowest BCUT2D eigenvalue weighted by molar-refractivity contribution is -0.123. The van der Waals surface area contributed by atoms with Gasteiger partial charge < -0.3 is 19.9 Å². The third-order valence-corrected chi connectivity index (χ3v) is 3.82. The van der Waals surface area contributed by atoms with Gasteiger partial charge in [-0.2, -0.15) is 4.98 Å². The SMILES string of the molecule is COC(=O)c1ccc(-c2noc(CNC(=O)C3CCCN3)n2)cc1. The molecule has 2 aromatic rings. The van der Waals surface area contributed by atoms with Crippen LogP contribution in [0.1, 0.15) is 29.1 Å². The summed E-state index contributed by atoms with van der Waals surface area (Å²) in [4.78, 5) is 27.6. The van der Waals surface area contributed by atoms with Gasteiger partial charge in [0, 0.05) is 5.56 Å². The molecule has 1 saturated heterocycles. The highest BCUT2D eigenvalue weighted by atomic mass is 16.5. The van der Waals surface area contributed by atoms with Crippen LogP contribution in [0.2, 0.25) is 0 Å². The first kappa shape index (κ1) is 16.1. The van der Waals surface area contributed by atoms with E-state index in [9.17, 15) is 9.59 Å². The van der Waals surface area contributed by atoms with E-state index in [0.717, 1.165) is 19.4 Å². The minimum absolute atomic E-state index is 0.0605. The summed E-state index contributed by atoms with van der Waals surface area (Å²) in [5.74, 6) is 0.260. The van der Waals surface area contributed by atoms with Crippen molar-refractivity contribution in [2.75, 3.05) is 13.7 Å². The first-order valence-corrected chi connectivity index (χ1v) is 7.70. The molecule has 0 spiro atoms. The maximum Gasteiger partial charge on any atom is 0.337 e. The number of nitrogens with zero attached hydrogens (tertiary/aromatic N) is 2. The average molecular weight is 330 g/mol. The van der Waals surface area contributed by atoms with E-state index in [2.05, 4.69) is 25.5 Å². The molecule has 8 heteroatoms. The Kier molecular flexibility index (Phi) is 4.85. The summed E-state index contributed by atoms with van der Waals surface area (Å²) in [5.41, 5.74) is 1.16. The van der Waals surface area contributed by atoms with Crippen molar-refractivity contribution in [2.45, 2.75) is 25.4 Å². The molecule has 1 unspecified atom stereocenters. The Morgan fingerprint density at radius 2 is 2.17 bits per heavy atom. The fourth-order valence-corrected chi connectivity index (χ4v) is 2.51. The highest BCUT2D eigenvalue weighted by Crippen LogP contribution is 2.17. The molecule has 126 valence electrons. The lowest BCUT2D eigenvalue weighted by atomic mass is 10.1. The molecule has 3 rings (SSSR count). The molecule has 2 heterocycles. The predicted octanol–water partition coefficient (Wildman–Crippen LogP) is 0.891. The van der Waals surface area contributed by atoms with E-state index in [4.69, 9.17) is 4.52 Å². The molecule has 1 amide bonds. The fourth-order valence-electron chi connectivity index (χ4n) is 2.51. The summed E-state index contributed by atoms with van der Waals surface area (Å²) in [6, 6.07) is 6.54. The van der Waals surface area contributed by atoms with Gasteiger partial charge >= 0.3 is 5.97 Å². The summed E-state index contributed by atoms with van der Waals surface area (Å²) < 4.78 is 9.79. The zero-order valence-electron chi connectivity index (χ0n) is 13.2. The van der Waals surface area contributed by atoms with Gasteiger partial charge in [-0.05, 0) is 31.5 Å². The zero-order chi connectivity index (χ0) is 16.9. The van der Waals surface area contributed by atoms with Gasteiger partial charge in [-0.15, -0.1) is 0 Å². The standard InChI is InChI=1S/C16H18N4O4/c1-23-16(22)11-6-4-10(5-7-11)14-19-13(24-20-14)9-18-15(21)12-3-2-8-17-12/h4-7,12,17H,2-3,8-9H2,1H3,(H,18,21). The molecule has 0 radical (unpaired) electrons. The fraction of sp³-hybridized carbons (Fsp3) is 0.375. The Morgan fingerprint density at radius 1 is 1.38 bits per heavy atom. The summed E-state index contributed by atoms with van der Waals surface area (Å²) in [5, 5.41) is 9.79. The largest absolute Gasteiger partial charge is 0.465 e. The van der Waals surface area contributed by atoms with Crippen LogP contribution in [0.4, 0.5) is 0 Å². The second-order valence-electron chi connectivity index (χ2n) is 5.45.